The molecule has 1 fully saturated rings. The number of hydrogen-bond donors (Lipinski definition) is 1. The van der Waals surface area contributed by atoms with Gasteiger partial charge in [-0.1, -0.05) is 29.8 Å². The lowest BCUT2D eigenvalue weighted by Gasteiger charge is -2.35. The molecule has 2 nitrogen and oxygen atoms in total. The first-order chi connectivity index (χ1) is 7.58. The van der Waals surface area contributed by atoms with Crippen molar-refractivity contribution in [1.82, 2.24) is 4.90 Å². The number of likely N-dealkylation sites (tertiary alicyclic amines) is 1. The molecule has 88 valence electrons. The highest BCUT2D eigenvalue weighted by Gasteiger charge is 2.29. The zero-order chi connectivity index (χ0) is 11.6. The fraction of sp³-hybridized carbons (Fsp3) is 0.571. The minimum absolute atomic E-state index is 0.190. The minimum atomic E-state index is -0.190. The quantitative estimate of drug-likeness (QED) is 0.843. The summed E-state index contributed by atoms with van der Waals surface area (Å²) in [7, 11) is 0. The van der Waals surface area contributed by atoms with Gasteiger partial charge in [0.05, 0.1) is 5.66 Å². The molecule has 0 spiro atoms. The van der Waals surface area contributed by atoms with E-state index < -0.39 is 0 Å². The van der Waals surface area contributed by atoms with E-state index in [1.54, 1.807) is 0 Å². The van der Waals surface area contributed by atoms with Gasteiger partial charge < -0.3 is 5.73 Å². The van der Waals surface area contributed by atoms with Crippen LogP contribution in [0.5, 0.6) is 0 Å². The van der Waals surface area contributed by atoms with Crippen molar-refractivity contribution in [3.63, 3.8) is 0 Å². The molecule has 1 heterocycles. The number of hydrogen-bond acceptors (Lipinski definition) is 2. The Kier molecular flexibility index (Phi) is 3.31. The molecule has 0 saturated carbocycles. The molecular formula is C14H22N2. The van der Waals surface area contributed by atoms with Crippen LogP contribution in [-0.2, 0) is 6.42 Å². The van der Waals surface area contributed by atoms with Crippen LogP contribution in [0, 0.1) is 6.92 Å². The molecule has 1 aromatic carbocycles. The van der Waals surface area contributed by atoms with Crippen molar-refractivity contribution in [3.8, 4) is 0 Å². The summed E-state index contributed by atoms with van der Waals surface area (Å²) in [6.07, 6.45) is 3.52. The molecule has 1 aliphatic rings. The van der Waals surface area contributed by atoms with Gasteiger partial charge in [0.2, 0.25) is 0 Å². The predicted molar refractivity (Wildman–Crippen MR) is 68.3 cm³/mol. The highest BCUT2D eigenvalue weighted by Crippen LogP contribution is 2.21. The third-order valence-electron chi connectivity index (χ3n) is 3.47. The standard InChI is InChI=1S/C14H22N2/c1-12-6-5-7-13(10-12)11-14(2,15)16-8-3-4-9-16/h5-7,10H,3-4,8-9,11,15H2,1-2H3. The van der Waals surface area contributed by atoms with Crippen LogP contribution in [-0.4, -0.2) is 23.7 Å². The molecule has 1 aromatic rings. The van der Waals surface area contributed by atoms with Crippen molar-refractivity contribution >= 4 is 0 Å². The van der Waals surface area contributed by atoms with Crippen LogP contribution in [0.25, 0.3) is 0 Å². The second-order valence-corrected chi connectivity index (χ2v) is 5.22. The van der Waals surface area contributed by atoms with Gasteiger partial charge in [-0.2, -0.15) is 0 Å². The van der Waals surface area contributed by atoms with Crippen LogP contribution in [0.4, 0.5) is 0 Å². The van der Waals surface area contributed by atoms with Crippen molar-refractivity contribution in [3.05, 3.63) is 35.4 Å². The molecule has 2 N–H and O–H groups in total. The summed E-state index contributed by atoms with van der Waals surface area (Å²) in [5, 5.41) is 0. The summed E-state index contributed by atoms with van der Waals surface area (Å²) in [5.41, 5.74) is 8.90. The topological polar surface area (TPSA) is 29.3 Å². The van der Waals surface area contributed by atoms with Gasteiger partial charge in [0.25, 0.3) is 0 Å². The average molecular weight is 218 g/mol. The Morgan fingerprint density at radius 1 is 1.31 bits per heavy atom. The number of rotatable bonds is 3. The summed E-state index contributed by atoms with van der Waals surface area (Å²) in [4.78, 5) is 2.41. The molecule has 2 heteroatoms. The van der Waals surface area contributed by atoms with E-state index in [9.17, 15) is 0 Å². The first kappa shape index (κ1) is 11.6. The van der Waals surface area contributed by atoms with Gasteiger partial charge in [0, 0.05) is 6.42 Å². The molecule has 1 saturated heterocycles. The van der Waals surface area contributed by atoms with Crippen molar-refractivity contribution in [1.29, 1.82) is 0 Å². The maximum absolute atomic E-state index is 6.43. The van der Waals surface area contributed by atoms with Gasteiger partial charge in [-0.3, -0.25) is 4.90 Å². The van der Waals surface area contributed by atoms with Crippen molar-refractivity contribution in [2.45, 2.75) is 38.8 Å². The Morgan fingerprint density at radius 3 is 2.62 bits per heavy atom. The highest BCUT2D eigenvalue weighted by molar-refractivity contribution is 5.23. The SMILES string of the molecule is Cc1cccc(CC(C)(N)N2CCCC2)c1. The molecule has 0 amide bonds. The maximum Gasteiger partial charge on any atom is 0.0699 e. The number of nitrogens with two attached hydrogens (primary N) is 1. The number of nitrogens with zero attached hydrogens (tertiary/aromatic N) is 1. The van der Waals surface area contributed by atoms with E-state index in [0.717, 1.165) is 19.5 Å². The molecular weight excluding hydrogens is 196 g/mol. The first-order valence-electron chi connectivity index (χ1n) is 6.17. The molecule has 1 unspecified atom stereocenters. The van der Waals surface area contributed by atoms with Gasteiger partial charge in [0.15, 0.2) is 0 Å². The third-order valence-corrected chi connectivity index (χ3v) is 3.47. The number of benzene rings is 1. The second-order valence-electron chi connectivity index (χ2n) is 5.22. The van der Waals surface area contributed by atoms with Crippen molar-refractivity contribution < 1.29 is 0 Å². The van der Waals surface area contributed by atoms with E-state index in [2.05, 4.69) is 43.0 Å². The fourth-order valence-electron chi connectivity index (χ4n) is 2.58. The summed E-state index contributed by atoms with van der Waals surface area (Å²) < 4.78 is 0. The van der Waals surface area contributed by atoms with Gasteiger partial charge in [-0.05, 0) is 45.3 Å². The molecule has 16 heavy (non-hydrogen) atoms. The Labute approximate surface area is 98.4 Å². The molecule has 0 radical (unpaired) electrons. The maximum atomic E-state index is 6.43. The lowest BCUT2D eigenvalue weighted by Crippen LogP contribution is -2.53. The van der Waals surface area contributed by atoms with Gasteiger partial charge >= 0.3 is 0 Å². The van der Waals surface area contributed by atoms with Gasteiger partial charge in [-0.25, -0.2) is 0 Å². The summed E-state index contributed by atoms with van der Waals surface area (Å²) in [6.45, 7) is 6.59. The smallest absolute Gasteiger partial charge is 0.0699 e. The second kappa shape index (κ2) is 4.56. The highest BCUT2D eigenvalue weighted by atomic mass is 15.3. The zero-order valence-electron chi connectivity index (χ0n) is 10.4. The molecule has 1 atom stereocenters. The van der Waals surface area contributed by atoms with Gasteiger partial charge in [0.1, 0.15) is 0 Å². The first-order valence-corrected chi connectivity index (χ1v) is 6.17. The lowest BCUT2D eigenvalue weighted by atomic mass is 9.99. The summed E-state index contributed by atoms with van der Waals surface area (Å²) in [5.74, 6) is 0. The van der Waals surface area contributed by atoms with E-state index in [1.807, 2.05) is 0 Å². The van der Waals surface area contributed by atoms with Crippen molar-refractivity contribution in [2.75, 3.05) is 13.1 Å². The van der Waals surface area contributed by atoms with E-state index in [4.69, 9.17) is 5.73 Å². The predicted octanol–water partition coefficient (Wildman–Crippen LogP) is 2.31. The van der Waals surface area contributed by atoms with Crippen molar-refractivity contribution in [2.24, 2.45) is 5.73 Å². The average Bonchev–Trinajstić information content (AvgIpc) is 2.69. The van der Waals surface area contributed by atoms with Crippen LogP contribution in [0.2, 0.25) is 0 Å². The van der Waals surface area contributed by atoms with Crippen LogP contribution in [0.1, 0.15) is 30.9 Å². The largest absolute Gasteiger partial charge is 0.313 e. The van der Waals surface area contributed by atoms with Crippen LogP contribution in [0.3, 0.4) is 0 Å². The summed E-state index contributed by atoms with van der Waals surface area (Å²) in [6, 6.07) is 8.66. The van der Waals surface area contributed by atoms with Crippen LogP contribution in [0.15, 0.2) is 24.3 Å². The molecule has 0 aliphatic carbocycles. The zero-order valence-corrected chi connectivity index (χ0v) is 10.4. The molecule has 1 aliphatic heterocycles. The monoisotopic (exact) mass is 218 g/mol. The minimum Gasteiger partial charge on any atom is -0.313 e. The Bertz CT molecular complexity index is 352. The normalized spacial score (nSPS) is 20.9. The Balaban J connectivity index is 2.07. The van der Waals surface area contributed by atoms with Crippen LogP contribution >= 0.6 is 0 Å². The van der Waals surface area contributed by atoms with E-state index in [0.29, 0.717) is 0 Å². The van der Waals surface area contributed by atoms with Crippen LogP contribution < -0.4 is 5.73 Å². The van der Waals surface area contributed by atoms with E-state index in [-0.39, 0.29) is 5.66 Å². The lowest BCUT2D eigenvalue weighted by molar-refractivity contribution is 0.142. The molecule has 0 aromatic heterocycles. The number of aryl methyl sites for hydroxylation is 1. The van der Waals surface area contributed by atoms with E-state index in [1.165, 1.54) is 24.0 Å². The van der Waals surface area contributed by atoms with Gasteiger partial charge in [-0.15, -0.1) is 0 Å². The van der Waals surface area contributed by atoms with E-state index >= 15 is 0 Å². The molecule has 0 bridgehead atoms. The summed E-state index contributed by atoms with van der Waals surface area (Å²) >= 11 is 0. The Hall–Kier alpha value is -0.860. The molecule has 2 rings (SSSR count). The third kappa shape index (κ3) is 2.63. The Morgan fingerprint density at radius 2 is 2.00 bits per heavy atom. The fourth-order valence-corrected chi connectivity index (χ4v) is 2.58.